The Kier molecular flexibility index (Phi) is 6.28. The fourth-order valence-electron chi connectivity index (χ4n) is 2.60. The first-order valence-corrected chi connectivity index (χ1v) is 8.10. The number of benzene rings is 2. The largest absolute Gasteiger partial charge is 0.497 e. The lowest BCUT2D eigenvalue weighted by atomic mass is 10.1. The topological polar surface area (TPSA) is 48.0 Å². The molecule has 0 saturated heterocycles. The van der Waals surface area contributed by atoms with E-state index in [9.17, 15) is 4.79 Å². The van der Waals surface area contributed by atoms with Gasteiger partial charge in [0.2, 0.25) is 0 Å². The van der Waals surface area contributed by atoms with Crippen molar-refractivity contribution in [1.82, 2.24) is 4.90 Å². The van der Waals surface area contributed by atoms with Gasteiger partial charge >= 0.3 is 0 Å². The number of aryl methyl sites for hydroxylation is 2. The van der Waals surface area contributed by atoms with Gasteiger partial charge in [0, 0.05) is 25.2 Å². The standard InChI is InChI=1S/C20H25NO4/c1-14-7-6-8-15(2)20(14)25-13-19(22)21(3)12-16-9-10-17(23-4)11-18(16)24-5/h6-11H,12-13H2,1-5H3. The van der Waals surface area contributed by atoms with Gasteiger partial charge in [-0.15, -0.1) is 0 Å². The molecule has 0 heterocycles. The first-order valence-electron chi connectivity index (χ1n) is 8.10. The predicted molar refractivity (Wildman–Crippen MR) is 97.4 cm³/mol. The Morgan fingerprint density at radius 1 is 1.04 bits per heavy atom. The highest BCUT2D eigenvalue weighted by atomic mass is 16.5. The van der Waals surface area contributed by atoms with Crippen molar-refractivity contribution in [3.63, 3.8) is 0 Å². The molecule has 0 aromatic heterocycles. The molecule has 0 aliphatic rings. The molecule has 2 aromatic carbocycles. The van der Waals surface area contributed by atoms with Gasteiger partial charge in [-0.2, -0.15) is 0 Å². The summed E-state index contributed by atoms with van der Waals surface area (Å²) in [5.74, 6) is 2.08. The predicted octanol–water partition coefficient (Wildman–Crippen LogP) is 3.36. The van der Waals surface area contributed by atoms with E-state index in [0.717, 1.165) is 22.4 Å². The molecule has 25 heavy (non-hydrogen) atoms. The van der Waals surface area contributed by atoms with E-state index < -0.39 is 0 Å². The molecule has 0 aliphatic carbocycles. The van der Waals surface area contributed by atoms with E-state index in [1.807, 2.05) is 44.2 Å². The molecular weight excluding hydrogens is 318 g/mol. The van der Waals surface area contributed by atoms with E-state index >= 15 is 0 Å². The molecule has 0 unspecified atom stereocenters. The quantitative estimate of drug-likeness (QED) is 0.773. The highest BCUT2D eigenvalue weighted by molar-refractivity contribution is 5.77. The lowest BCUT2D eigenvalue weighted by Crippen LogP contribution is -2.31. The number of nitrogens with zero attached hydrogens (tertiary/aromatic N) is 1. The molecule has 0 aliphatic heterocycles. The summed E-state index contributed by atoms with van der Waals surface area (Å²) in [4.78, 5) is 14.0. The number of likely N-dealkylation sites (N-methyl/N-ethyl adjacent to an activating group) is 1. The third kappa shape index (κ3) is 4.66. The van der Waals surface area contributed by atoms with E-state index in [2.05, 4.69) is 0 Å². The van der Waals surface area contributed by atoms with Crippen LogP contribution in [0.4, 0.5) is 0 Å². The van der Waals surface area contributed by atoms with E-state index in [1.54, 1.807) is 32.2 Å². The Labute approximate surface area is 149 Å². The first kappa shape index (κ1) is 18.6. The van der Waals surface area contributed by atoms with Crippen molar-refractivity contribution < 1.29 is 19.0 Å². The van der Waals surface area contributed by atoms with Crippen LogP contribution in [0, 0.1) is 13.8 Å². The first-order chi connectivity index (χ1) is 12.0. The number of carbonyl (C=O) groups excluding carboxylic acids is 1. The molecule has 0 atom stereocenters. The normalized spacial score (nSPS) is 10.3. The van der Waals surface area contributed by atoms with Crippen molar-refractivity contribution in [2.75, 3.05) is 27.9 Å². The van der Waals surface area contributed by atoms with Crippen molar-refractivity contribution in [3.8, 4) is 17.2 Å². The van der Waals surface area contributed by atoms with Gasteiger partial charge in [0.15, 0.2) is 6.61 Å². The molecule has 5 heteroatoms. The van der Waals surface area contributed by atoms with Crippen LogP contribution in [-0.4, -0.2) is 38.7 Å². The summed E-state index contributed by atoms with van der Waals surface area (Å²) in [7, 11) is 4.96. The number of hydrogen-bond donors (Lipinski definition) is 0. The van der Waals surface area contributed by atoms with E-state index in [4.69, 9.17) is 14.2 Å². The van der Waals surface area contributed by atoms with Crippen molar-refractivity contribution in [1.29, 1.82) is 0 Å². The molecule has 0 fully saturated rings. The number of hydrogen-bond acceptors (Lipinski definition) is 4. The minimum absolute atomic E-state index is 0.000658. The van der Waals surface area contributed by atoms with Gasteiger partial charge < -0.3 is 19.1 Å². The highest BCUT2D eigenvalue weighted by Crippen LogP contribution is 2.26. The fourth-order valence-corrected chi connectivity index (χ4v) is 2.60. The van der Waals surface area contributed by atoms with Crippen LogP contribution >= 0.6 is 0 Å². The zero-order chi connectivity index (χ0) is 18.4. The molecule has 0 saturated carbocycles. The molecule has 134 valence electrons. The maximum absolute atomic E-state index is 12.4. The number of ether oxygens (including phenoxy) is 3. The number of carbonyl (C=O) groups is 1. The van der Waals surface area contributed by atoms with Crippen molar-refractivity contribution in [2.45, 2.75) is 20.4 Å². The van der Waals surface area contributed by atoms with Gasteiger partial charge in [-0.1, -0.05) is 18.2 Å². The van der Waals surface area contributed by atoms with Crippen LogP contribution in [0.2, 0.25) is 0 Å². The van der Waals surface area contributed by atoms with E-state index in [0.29, 0.717) is 18.0 Å². The Morgan fingerprint density at radius 2 is 1.72 bits per heavy atom. The minimum atomic E-state index is -0.0967. The van der Waals surface area contributed by atoms with Crippen LogP contribution < -0.4 is 14.2 Å². The van der Waals surface area contributed by atoms with Gasteiger partial charge in [-0.3, -0.25) is 4.79 Å². The monoisotopic (exact) mass is 343 g/mol. The molecule has 0 radical (unpaired) electrons. The average Bonchev–Trinajstić information content (AvgIpc) is 2.61. The van der Waals surface area contributed by atoms with Crippen LogP contribution in [-0.2, 0) is 11.3 Å². The van der Waals surface area contributed by atoms with Crippen LogP contribution in [0.15, 0.2) is 36.4 Å². The van der Waals surface area contributed by atoms with Crippen molar-refractivity contribution in [3.05, 3.63) is 53.1 Å². The molecule has 0 N–H and O–H groups in total. The number of para-hydroxylation sites is 1. The molecule has 5 nitrogen and oxygen atoms in total. The fraction of sp³-hybridized carbons (Fsp3) is 0.350. The van der Waals surface area contributed by atoms with Gasteiger partial charge in [-0.25, -0.2) is 0 Å². The Morgan fingerprint density at radius 3 is 2.32 bits per heavy atom. The Hall–Kier alpha value is -2.69. The summed E-state index contributed by atoms with van der Waals surface area (Å²) >= 11 is 0. The van der Waals surface area contributed by atoms with Gasteiger partial charge in [-0.05, 0) is 37.1 Å². The maximum atomic E-state index is 12.4. The van der Waals surface area contributed by atoms with Crippen LogP contribution in [0.5, 0.6) is 17.2 Å². The molecule has 0 spiro atoms. The van der Waals surface area contributed by atoms with E-state index in [-0.39, 0.29) is 12.5 Å². The maximum Gasteiger partial charge on any atom is 0.260 e. The highest BCUT2D eigenvalue weighted by Gasteiger charge is 2.14. The number of amides is 1. The summed E-state index contributed by atoms with van der Waals surface area (Å²) in [5.41, 5.74) is 2.95. The summed E-state index contributed by atoms with van der Waals surface area (Å²) in [6, 6.07) is 11.5. The second-order valence-electron chi connectivity index (χ2n) is 5.94. The summed E-state index contributed by atoms with van der Waals surface area (Å²) < 4.78 is 16.3. The molecular formula is C20H25NO4. The third-order valence-corrected chi connectivity index (χ3v) is 4.08. The minimum Gasteiger partial charge on any atom is -0.497 e. The summed E-state index contributed by atoms with van der Waals surface area (Å²) in [6.07, 6.45) is 0. The molecule has 1 amide bonds. The summed E-state index contributed by atoms with van der Waals surface area (Å²) in [6.45, 7) is 4.38. The van der Waals surface area contributed by atoms with Gasteiger partial charge in [0.25, 0.3) is 5.91 Å². The number of methoxy groups -OCH3 is 2. The molecule has 2 rings (SSSR count). The van der Waals surface area contributed by atoms with Gasteiger partial charge in [0.1, 0.15) is 17.2 Å². The van der Waals surface area contributed by atoms with Gasteiger partial charge in [0.05, 0.1) is 14.2 Å². The third-order valence-electron chi connectivity index (χ3n) is 4.08. The zero-order valence-electron chi connectivity index (χ0n) is 15.5. The summed E-state index contributed by atoms with van der Waals surface area (Å²) in [5, 5.41) is 0. The second kappa shape index (κ2) is 8.42. The average molecular weight is 343 g/mol. The zero-order valence-corrected chi connectivity index (χ0v) is 15.5. The lowest BCUT2D eigenvalue weighted by molar-refractivity contribution is -0.132. The molecule has 0 bridgehead atoms. The SMILES string of the molecule is COc1ccc(CN(C)C(=O)COc2c(C)cccc2C)c(OC)c1. The molecule has 2 aromatic rings. The Balaban J connectivity index is 2.01. The van der Waals surface area contributed by atoms with E-state index in [1.165, 1.54) is 0 Å². The van der Waals surface area contributed by atoms with Crippen LogP contribution in [0.3, 0.4) is 0 Å². The van der Waals surface area contributed by atoms with Crippen LogP contribution in [0.25, 0.3) is 0 Å². The van der Waals surface area contributed by atoms with Crippen molar-refractivity contribution in [2.24, 2.45) is 0 Å². The smallest absolute Gasteiger partial charge is 0.260 e. The van der Waals surface area contributed by atoms with Crippen LogP contribution in [0.1, 0.15) is 16.7 Å². The number of rotatable bonds is 7. The van der Waals surface area contributed by atoms with Crippen molar-refractivity contribution >= 4 is 5.91 Å². The second-order valence-corrected chi connectivity index (χ2v) is 5.94. The Bertz CT molecular complexity index is 722. The lowest BCUT2D eigenvalue weighted by Gasteiger charge is -2.20.